The summed E-state index contributed by atoms with van der Waals surface area (Å²) in [5.41, 5.74) is 1.01. The lowest BCUT2D eigenvalue weighted by molar-refractivity contribution is -0.384. The second-order valence-corrected chi connectivity index (χ2v) is 3.52. The van der Waals surface area contributed by atoms with Crippen molar-refractivity contribution in [2.45, 2.75) is 13.8 Å². The van der Waals surface area contributed by atoms with Gasteiger partial charge in [-0.2, -0.15) is 0 Å². The molecule has 1 aromatic carbocycles. The Hall–Kier alpha value is -1.91. The van der Waals surface area contributed by atoms with Crippen LogP contribution in [-0.2, 0) is 0 Å². The van der Waals surface area contributed by atoms with E-state index in [-0.39, 0.29) is 5.69 Å². The van der Waals surface area contributed by atoms with Gasteiger partial charge in [0.2, 0.25) is 0 Å². The summed E-state index contributed by atoms with van der Waals surface area (Å²) in [5.74, 6) is 0.866. The van der Waals surface area contributed by atoms with Crippen LogP contribution in [-0.4, -0.2) is 35.8 Å². The Kier molecular flexibility index (Phi) is 4.63. The minimum atomic E-state index is -0.399. The second kappa shape index (κ2) is 5.98. The highest BCUT2D eigenvalue weighted by molar-refractivity contribution is 5.98. The van der Waals surface area contributed by atoms with Crippen LogP contribution in [0.2, 0.25) is 0 Å². The maximum Gasteiger partial charge on any atom is 0.269 e. The van der Waals surface area contributed by atoms with Crippen LogP contribution < -0.4 is 0 Å². The lowest BCUT2D eigenvalue weighted by Gasteiger charge is -2.22. The molecule has 92 valence electrons. The molecule has 0 bridgehead atoms. The summed E-state index contributed by atoms with van der Waals surface area (Å²) in [6, 6.07) is 6.48. The van der Waals surface area contributed by atoms with E-state index in [9.17, 15) is 10.1 Å². The fourth-order valence-corrected chi connectivity index (χ4v) is 1.71. The first kappa shape index (κ1) is 13.2. The number of hydrogen-bond acceptors (Lipinski definition) is 3. The van der Waals surface area contributed by atoms with Crippen molar-refractivity contribution in [3.63, 3.8) is 0 Å². The van der Waals surface area contributed by atoms with Gasteiger partial charge in [0.1, 0.15) is 5.84 Å². The third-order valence-corrected chi connectivity index (χ3v) is 2.61. The van der Waals surface area contributed by atoms with Crippen molar-refractivity contribution in [2.24, 2.45) is 4.99 Å². The first-order valence-electron chi connectivity index (χ1n) is 5.60. The molecule has 17 heavy (non-hydrogen) atoms. The molecule has 0 aliphatic heterocycles. The molecule has 0 fully saturated rings. The van der Waals surface area contributed by atoms with Crippen molar-refractivity contribution in [3.05, 3.63) is 39.9 Å². The topological polar surface area (TPSA) is 58.7 Å². The molecule has 1 rings (SSSR count). The minimum absolute atomic E-state index is 0.101. The predicted octanol–water partition coefficient (Wildman–Crippen LogP) is 2.31. The van der Waals surface area contributed by atoms with Gasteiger partial charge >= 0.3 is 0 Å². The van der Waals surface area contributed by atoms with E-state index in [1.54, 1.807) is 19.2 Å². The van der Waals surface area contributed by atoms with E-state index in [1.807, 2.05) is 0 Å². The first-order chi connectivity index (χ1) is 8.13. The van der Waals surface area contributed by atoms with Gasteiger partial charge in [-0.25, -0.2) is 0 Å². The van der Waals surface area contributed by atoms with Crippen molar-refractivity contribution in [2.75, 3.05) is 20.1 Å². The van der Waals surface area contributed by atoms with Crippen LogP contribution in [0.4, 0.5) is 5.69 Å². The van der Waals surface area contributed by atoms with Gasteiger partial charge in [0.05, 0.1) is 4.92 Å². The van der Waals surface area contributed by atoms with E-state index < -0.39 is 4.92 Å². The highest BCUT2D eigenvalue weighted by Crippen LogP contribution is 2.14. The normalized spacial score (nSPS) is 11.4. The molecule has 0 aromatic heterocycles. The zero-order valence-corrected chi connectivity index (χ0v) is 10.4. The molecule has 0 heterocycles. The third kappa shape index (κ3) is 3.03. The quantitative estimate of drug-likeness (QED) is 0.348. The van der Waals surface area contributed by atoms with E-state index >= 15 is 0 Å². The molecule has 0 unspecified atom stereocenters. The Balaban J connectivity index is 3.02. The second-order valence-electron chi connectivity index (χ2n) is 3.52. The van der Waals surface area contributed by atoms with Gasteiger partial charge in [-0.15, -0.1) is 0 Å². The van der Waals surface area contributed by atoms with Gasteiger partial charge in [-0.1, -0.05) is 0 Å². The van der Waals surface area contributed by atoms with Crippen molar-refractivity contribution in [3.8, 4) is 0 Å². The van der Waals surface area contributed by atoms with E-state index in [0.29, 0.717) is 0 Å². The molecule has 0 saturated carbocycles. The number of amidine groups is 1. The number of rotatable bonds is 4. The Labute approximate surface area is 101 Å². The zero-order valence-electron chi connectivity index (χ0n) is 10.4. The standard InChI is InChI=1S/C12H17N3O2/c1-4-14(5-2)12(13-3)10-6-8-11(9-7-10)15(16)17/h6-9H,4-5H2,1-3H3. The maximum atomic E-state index is 10.6. The summed E-state index contributed by atoms with van der Waals surface area (Å²) >= 11 is 0. The van der Waals surface area contributed by atoms with Crippen LogP contribution >= 0.6 is 0 Å². The summed E-state index contributed by atoms with van der Waals surface area (Å²) in [4.78, 5) is 16.5. The fraction of sp³-hybridized carbons (Fsp3) is 0.417. The molecular weight excluding hydrogens is 218 g/mol. The molecule has 0 aliphatic carbocycles. The van der Waals surface area contributed by atoms with Gasteiger partial charge in [-0.05, 0) is 26.0 Å². The lowest BCUT2D eigenvalue weighted by Crippen LogP contribution is -2.31. The fourth-order valence-electron chi connectivity index (χ4n) is 1.71. The summed E-state index contributed by atoms with van der Waals surface area (Å²) in [6.45, 7) is 5.83. The van der Waals surface area contributed by atoms with Crippen molar-refractivity contribution < 1.29 is 4.92 Å². The molecule has 0 radical (unpaired) electrons. The Morgan fingerprint density at radius 3 is 2.18 bits per heavy atom. The van der Waals surface area contributed by atoms with Gasteiger partial charge < -0.3 is 4.90 Å². The number of aliphatic imine (C=N–C) groups is 1. The Bertz CT molecular complexity index is 408. The number of nitro groups is 1. The van der Waals surface area contributed by atoms with Crippen LogP contribution in [0, 0.1) is 10.1 Å². The molecular formula is C12H17N3O2. The molecule has 0 amide bonds. The summed E-state index contributed by atoms with van der Waals surface area (Å²) < 4.78 is 0. The first-order valence-corrected chi connectivity index (χ1v) is 5.60. The number of hydrogen-bond donors (Lipinski definition) is 0. The smallest absolute Gasteiger partial charge is 0.269 e. The minimum Gasteiger partial charge on any atom is -0.357 e. The molecule has 0 saturated heterocycles. The molecule has 0 atom stereocenters. The van der Waals surface area contributed by atoms with Gasteiger partial charge in [0.15, 0.2) is 0 Å². The highest BCUT2D eigenvalue weighted by Gasteiger charge is 2.11. The molecule has 5 nitrogen and oxygen atoms in total. The molecule has 1 aromatic rings. The van der Waals surface area contributed by atoms with E-state index in [2.05, 4.69) is 23.7 Å². The maximum absolute atomic E-state index is 10.6. The van der Waals surface area contributed by atoms with E-state index in [0.717, 1.165) is 24.5 Å². The average molecular weight is 235 g/mol. The summed E-state index contributed by atoms with van der Waals surface area (Å²) in [6.07, 6.45) is 0. The predicted molar refractivity (Wildman–Crippen MR) is 68.5 cm³/mol. The highest BCUT2D eigenvalue weighted by atomic mass is 16.6. The van der Waals surface area contributed by atoms with Crippen molar-refractivity contribution >= 4 is 11.5 Å². The lowest BCUT2D eigenvalue weighted by atomic mass is 10.1. The van der Waals surface area contributed by atoms with Gasteiger partial charge in [0, 0.05) is 37.8 Å². The van der Waals surface area contributed by atoms with E-state index in [1.165, 1.54) is 12.1 Å². The molecule has 0 spiro atoms. The third-order valence-electron chi connectivity index (χ3n) is 2.61. The van der Waals surface area contributed by atoms with Gasteiger partial charge in [0.25, 0.3) is 5.69 Å². The molecule has 0 N–H and O–H groups in total. The summed E-state index contributed by atoms with van der Waals surface area (Å²) in [7, 11) is 1.73. The molecule has 5 heteroatoms. The van der Waals surface area contributed by atoms with Crippen molar-refractivity contribution in [1.82, 2.24) is 4.90 Å². The SMILES string of the molecule is CCN(CC)C(=NC)c1ccc([N+](=O)[O-])cc1. The number of benzene rings is 1. The molecule has 0 aliphatic rings. The number of non-ortho nitro benzene ring substituents is 1. The average Bonchev–Trinajstić information content (AvgIpc) is 2.36. The van der Waals surface area contributed by atoms with Crippen LogP contribution in [0.5, 0.6) is 0 Å². The van der Waals surface area contributed by atoms with Crippen LogP contribution in [0.1, 0.15) is 19.4 Å². The monoisotopic (exact) mass is 235 g/mol. The zero-order chi connectivity index (χ0) is 12.8. The van der Waals surface area contributed by atoms with E-state index in [4.69, 9.17) is 0 Å². The van der Waals surface area contributed by atoms with Crippen LogP contribution in [0.3, 0.4) is 0 Å². The number of nitrogens with zero attached hydrogens (tertiary/aromatic N) is 3. The number of nitro benzene ring substituents is 1. The Morgan fingerprint density at radius 1 is 1.29 bits per heavy atom. The Morgan fingerprint density at radius 2 is 1.82 bits per heavy atom. The van der Waals surface area contributed by atoms with Gasteiger partial charge in [-0.3, -0.25) is 15.1 Å². The summed E-state index contributed by atoms with van der Waals surface area (Å²) in [5, 5.41) is 10.6. The van der Waals surface area contributed by atoms with Crippen LogP contribution in [0.25, 0.3) is 0 Å². The van der Waals surface area contributed by atoms with Crippen molar-refractivity contribution in [1.29, 1.82) is 0 Å². The van der Waals surface area contributed by atoms with Crippen LogP contribution in [0.15, 0.2) is 29.3 Å². The largest absolute Gasteiger partial charge is 0.357 e.